The minimum Gasteiger partial charge on any atom is -0.454 e. The molecule has 0 bridgehead atoms. The number of benzene rings is 2. The highest BCUT2D eigenvalue weighted by Crippen LogP contribution is 2.24. The molecule has 0 saturated heterocycles. The molecular formula is C16H13FN2O. The van der Waals surface area contributed by atoms with E-state index in [0.29, 0.717) is 5.75 Å². The van der Waals surface area contributed by atoms with Crippen LogP contribution in [-0.2, 0) is 0 Å². The zero-order valence-corrected chi connectivity index (χ0v) is 11.0. The lowest BCUT2D eigenvalue weighted by atomic mass is 10.2. The molecule has 0 aliphatic rings. The highest BCUT2D eigenvalue weighted by Gasteiger charge is 2.05. The predicted octanol–water partition coefficient (Wildman–Crippen LogP) is 4.11. The van der Waals surface area contributed by atoms with E-state index in [9.17, 15) is 4.39 Å². The molecule has 3 nitrogen and oxygen atoms in total. The fraction of sp³-hybridized carbons (Fsp3) is 0.0625. The number of aryl methyl sites for hydroxylation is 1. The molecule has 0 unspecified atom stereocenters. The smallest absolute Gasteiger partial charge is 0.165 e. The van der Waals surface area contributed by atoms with Gasteiger partial charge in [0.05, 0.1) is 18.1 Å². The zero-order valence-electron chi connectivity index (χ0n) is 11.0. The summed E-state index contributed by atoms with van der Waals surface area (Å²) in [5.74, 6) is 1.17. The first-order valence-electron chi connectivity index (χ1n) is 6.26. The van der Waals surface area contributed by atoms with Gasteiger partial charge < -0.3 is 4.74 Å². The minimum absolute atomic E-state index is 0.266. The van der Waals surface area contributed by atoms with Gasteiger partial charge >= 0.3 is 0 Å². The highest BCUT2D eigenvalue weighted by molar-refractivity contribution is 5.37. The molecule has 0 radical (unpaired) electrons. The van der Waals surface area contributed by atoms with Crippen LogP contribution >= 0.6 is 0 Å². The molecule has 1 heterocycles. The second-order valence-corrected chi connectivity index (χ2v) is 4.46. The molecule has 0 N–H and O–H groups in total. The van der Waals surface area contributed by atoms with Gasteiger partial charge in [0.2, 0.25) is 0 Å². The lowest BCUT2D eigenvalue weighted by Gasteiger charge is -2.05. The largest absolute Gasteiger partial charge is 0.454 e. The van der Waals surface area contributed by atoms with Crippen LogP contribution in [0.25, 0.3) is 5.69 Å². The molecule has 0 fully saturated rings. The zero-order chi connectivity index (χ0) is 13.9. The van der Waals surface area contributed by atoms with Crippen molar-refractivity contribution in [3.05, 3.63) is 72.3 Å². The number of para-hydroxylation sites is 1. The van der Waals surface area contributed by atoms with Crippen molar-refractivity contribution in [3.63, 3.8) is 0 Å². The third-order valence-electron chi connectivity index (χ3n) is 2.97. The number of nitrogens with zero attached hydrogens (tertiary/aromatic N) is 2. The van der Waals surface area contributed by atoms with E-state index in [1.165, 1.54) is 12.1 Å². The van der Waals surface area contributed by atoms with Crippen LogP contribution in [0.3, 0.4) is 0 Å². The number of hydrogen-bond acceptors (Lipinski definition) is 2. The molecule has 0 aliphatic carbocycles. The Labute approximate surface area is 116 Å². The summed E-state index contributed by atoms with van der Waals surface area (Å²) < 4.78 is 20.3. The monoisotopic (exact) mass is 268 g/mol. The maximum absolute atomic E-state index is 12.9. The second-order valence-electron chi connectivity index (χ2n) is 4.46. The van der Waals surface area contributed by atoms with Crippen molar-refractivity contribution in [2.75, 3.05) is 0 Å². The molecule has 0 saturated carbocycles. The number of rotatable bonds is 3. The van der Waals surface area contributed by atoms with Crippen molar-refractivity contribution in [1.82, 2.24) is 9.78 Å². The third-order valence-corrected chi connectivity index (χ3v) is 2.97. The summed E-state index contributed by atoms with van der Waals surface area (Å²) in [4.78, 5) is 0. The minimum atomic E-state index is -0.266. The molecule has 0 aliphatic heterocycles. The fourth-order valence-corrected chi connectivity index (χ4v) is 1.89. The lowest BCUT2D eigenvalue weighted by Crippen LogP contribution is -1.93. The topological polar surface area (TPSA) is 27.1 Å². The number of aromatic nitrogens is 2. The van der Waals surface area contributed by atoms with Gasteiger partial charge in [-0.05, 0) is 42.8 Å². The van der Waals surface area contributed by atoms with Gasteiger partial charge in [-0.3, -0.25) is 0 Å². The molecule has 3 rings (SSSR count). The Kier molecular flexibility index (Phi) is 3.21. The van der Waals surface area contributed by atoms with Gasteiger partial charge in [-0.15, -0.1) is 0 Å². The average Bonchev–Trinajstić information content (AvgIpc) is 2.91. The first-order valence-corrected chi connectivity index (χ1v) is 6.26. The molecule has 100 valence electrons. The standard InChI is InChI=1S/C16H13FN2O/c1-12-4-2-3-5-16(12)20-15-10-18-19(11-15)14-8-6-13(17)7-9-14/h2-11H,1H3. The maximum atomic E-state index is 12.9. The maximum Gasteiger partial charge on any atom is 0.165 e. The summed E-state index contributed by atoms with van der Waals surface area (Å²) in [6.07, 6.45) is 3.40. The Bertz CT molecular complexity index is 719. The highest BCUT2D eigenvalue weighted by atomic mass is 19.1. The third kappa shape index (κ3) is 2.54. The van der Waals surface area contributed by atoms with E-state index >= 15 is 0 Å². The summed E-state index contributed by atoms with van der Waals surface area (Å²) in [6, 6.07) is 13.9. The molecular weight excluding hydrogens is 255 g/mol. The predicted molar refractivity (Wildman–Crippen MR) is 74.8 cm³/mol. The molecule has 3 aromatic rings. The quantitative estimate of drug-likeness (QED) is 0.714. The molecule has 2 aromatic carbocycles. The molecule has 0 atom stereocenters. The molecule has 0 amide bonds. The molecule has 20 heavy (non-hydrogen) atoms. The van der Waals surface area contributed by atoms with Gasteiger partial charge in [0.15, 0.2) is 5.75 Å². The van der Waals surface area contributed by atoms with Gasteiger partial charge in [0.1, 0.15) is 11.6 Å². The first-order chi connectivity index (χ1) is 9.72. The van der Waals surface area contributed by atoms with Crippen molar-refractivity contribution in [3.8, 4) is 17.2 Å². The van der Waals surface area contributed by atoms with Crippen LogP contribution in [0.4, 0.5) is 4.39 Å². The van der Waals surface area contributed by atoms with Crippen LogP contribution in [0.15, 0.2) is 60.9 Å². The van der Waals surface area contributed by atoms with E-state index in [0.717, 1.165) is 17.0 Å². The van der Waals surface area contributed by atoms with Crippen LogP contribution in [0.1, 0.15) is 5.56 Å². The summed E-state index contributed by atoms with van der Waals surface area (Å²) >= 11 is 0. The van der Waals surface area contributed by atoms with E-state index in [4.69, 9.17) is 4.74 Å². The normalized spacial score (nSPS) is 10.5. The van der Waals surface area contributed by atoms with E-state index in [1.54, 1.807) is 29.2 Å². The Morgan fingerprint density at radius 1 is 1.05 bits per heavy atom. The second kappa shape index (κ2) is 5.17. The molecule has 0 spiro atoms. The van der Waals surface area contributed by atoms with Crippen LogP contribution in [0, 0.1) is 12.7 Å². The van der Waals surface area contributed by atoms with Crippen LogP contribution in [0.5, 0.6) is 11.5 Å². The van der Waals surface area contributed by atoms with Crippen molar-refractivity contribution in [2.24, 2.45) is 0 Å². The number of hydrogen-bond donors (Lipinski definition) is 0. The van der Waals surface area contributed by atoms with E-state index in [1.807, 2.05) is 31.2 Å². The SMILES string of the molecule is Cc1ccccc1Oc1cnn(-c2ccc(F)cc2)c1. The lowest BCUT2D eigenvalue weighted by molar-refractivity contribution is 0.478. The van der Waals surface area contributed by atoms with Gasteiger partial charge in [0.25, 0.3) is 0 Å². The summed E-state index contributed by atoms with van der Waals surface area (Å²) in [5, 5.41) is 4.21. The van der Waals surface area contributed by atoms with Gasteiger partial charge in [-0.1, -0.05) is 18.2 Å². The van der Waals surface area contributed by atoms with E-state index in [2.05, 4.69) is 5.10 Å². The number of halogens is 1. The fourth-order valence-electron chi connectivity index (χ4n) is 1.89. The van der Waals surface area contributed by atoms with Crippen LogP contribution in [-0.4, -0.2) is 9.78 Å². The van der Waals surface area contributed by atoms with E-state index in [-0.39, 0.29) is 5.82 Å². The average molecular weight is 268 g/mol. The Hall–Kier alpha value is -2.62. The summed E-state index contributed by atoms with van der Waals surface area (Å²) in [5.41, 5.74) is 1.84. The van der Waals surface area contributed by atoms with Gasteiger partial charge in [0, 0.05) is 0 Å². The van der Waals surface area contributed by atoms with E-state index < -0.39 is 0 Å². The Morgan fingerprint density at radius 2 is 1.80 bits per heavy atom. The van der Waals surface area contributed by atoms with Crippen molar-refractivity contribution < 1.29 is 9.13 Å². The summed E-state index contributed by atoms with van der Waals surface area (Å²) in [6.45, 7) is 1.99. The molecule has 1 aromatic heterocycles. The van der Waals surface area contributed by atoms with Crippen molar-refractivity contribution in [1.29, 1.82) is 0 Å². The van der Waals surface area contributed by atoms with Crippen molar-refractivity contribution >= 4 is 0 Å². The Morgan fingerprint density at radius 3 is 2.55 bits per heavy atom. The molecule has 4 heteroatoms. The Balaban J connectivity index is 1.84. The van der Waals surface area contributed by atoms with Gasteiger partial charge in [-0.25, -0.2) is 9.07 Å². The van der Waals surface area contributed by atoms with Crippen LogP contribution < -0.4 is 4.74 Å². The first kappa shape index (κ1) is 12.4. The van der Waals surface area contributed by atoms with Crippen LogP contribution in [0.2, 0.25) is 0 Å². The van der Waals surface area contributed by atoms with Gasteiger partial charge in [-0.2, -0.15) is 5.10 Å². The number of ether oxygens (including phenoxy) is 1. The van der Waals surface area contributed by atoms with Crippen molar-refractivity contribution in [2.45, 2.75) is 6.92 Å². The summed E-state index contributed by atoms with van der Waals surface area (Å²) in [7, 11) is 0.